The lowest BCUT2D eigenvalue weighted by Crippen LogP contribution is -2.43. The summed E-state index contributed by atoms with van der Waals surface area (Å²) in [6.45, 7) is 0. The monoisotopic (exact) mass is 486 g/mol. The second kappa shape index (κ2) is 8.78. The van der Waals surface area contributed by atoms with Gasteiger partial charge in [-0.1, -0.05) is 12.8 Å². The largest absolute Gasteiger partial charge is 0.416 e. The van der Waals surface area contributed by atoms with Crippen LogP contribution >= 0.6 is 0 Å². The van der Waals surface area contributed by atoms with Crippen LogP contribution in [0.15, 0.2) is 35.3 Å². The van der Waals surface area contributed by atoms with Gasteiger partial charge in [0.15, 0.2) is 0 Å². The van der Waals surface area contributed by atoms with E-state index in [2.05, 4.69) is 25.6 Å². The smallest absolute Gasteiger partial charge is 0.350 e. The van der Waals surface area contributed by atoms with Gasteiger partial charge >= 0.3 is 12.4 Å². The van der Waals surface area contributed by atoms with Gasteiger partial charge in [0.25, 0.3) is 5.56 Å². The Morgan fingerprint density at radius 3 is 2.24 bits per heavy atom. The van der Waals surface area contributed by atoms with Crippen molar-refractivity contribution in [2.45, 2.75) is 50.1 Å². The van der Waals surface area contributed by atoms with Gasteiger partial charge in [0.1, 0.15) is 11.2 Å². The fourth-order valence-electron chi connectivity index (χ4n) is 3.91. The third-order valence-electron chi connectivity index (χ3n) is 5.60. The minimum absolute atomic E-state index is 0.0213. The fourth-order valence-corrected chi connectivity index (χ4v) is 3.91. The molecule has 3 aromatic rings. The van der Waals surface area contributed by atoms with Crippen LogP contribution in [0.5, 0.6) is 0 Å². The van der Waals surface area contributed by atoms with Crippen LogP contribution in [0.1, 0.15) is 36.8 Å². The molecule has 34 heavy (non-hydrogen) atoms. The molecule has 1 aliphatic rings. The van der Waals surface area contributed by atoms with E-state index in [1.165, 1.54) is 12.3 Å². The number of H-pyrrole nitrogens is 1. The van der Waals surface area contributed by atoms with Crippen LogP contribution in [-0.2, 0) is 12.4 Å². The maximum absolute atomic E-state index is 13.3. The number of hydrogen-bond donors (Lipinski definition) is 4. The molecule has 1 aromatic carbocycles. The number of alkyl halides is 6. The molecule has 1 fully saturated rings. The zero-order valence-electron chi connectivity index (χ0n) is 17.5. The van der Waals surface area contributed by atoms with Crippen LogP contribution in [-0.4, -0.2) is 27.0 Å². The van der Waals surface area contributed by atoms with E-state index in [-0.39, 0.29) is 40.8 Å². The van der Waals surface area contributed by atoms with Gasteiger partial charge in [-0.25, -0.2) is 4.98 Å². The van der Waals surface area contributed by atoms with Crippen LogP contribution in [0.3, 0.4) is 0 Å². The molecule has 0 spiro atoms. The first-order chi connectivity index (χ1) is 15.9. The summed E-state index contributed by atoms with van der Waals surface area (Å²) in [6.07, 6.45) is -5.31. The highest BCUT2D eigenvalue weighted by Crippen LogP contribution is 2.38. The van der Waals surface area contributed by atoms with Crippen molar-refractivity contribution in [1.29, 1.82) is 0 Å². The van der Waals surface area contributed by atoms with Crippen molar-refractivity contribution in [2.75, 3.05) is 10.6 Å². The first kappa shape index (κ1) is 23.8. The molecule has 1 saturated carbocycles. The molecule has 5 N–H and O–H groups in total. The van der Waals surface area contributed by atoms with E-state index in [1.54, 1.807) is 0 Å². The van der Waals surface area contributed by atoms with E-state index in [0.717, 1.165) is 25.7 Å². The number of fused-ring (bicyclic) bond motifs is 1. The molecule has 1 aliphatic carbocycles. The van der Waals surface area contributed by atoms with Gasteiger partial charge in [-0.2, -0.15) is 31.3 Å². The van der Waals surface area contributed by atoms with Crippen LogP contribution in [0.25, 0.3) is 10.9 Å². The molecule has 1 unspecified atom stereocenters. The predicted octanol–water partition coefficient (Wildman–Crippen LogP) is 4.78. The Bertz CT molecular complexity index is 1220. The zero-order chi connectivity index (χ0) is 24.7. The van der Waals surface area contributed by atoms with E-state index in [9.17, 15) is 31.1 Å². The third-order valence-corrected chi connectivity index (χ3v) is 5.60. The van der Waals surface area contributed by atoms with E-state index in [4.69, 9.17) is 5.73 Å². The van der Waals surface area contributed by atoms with Gasteiger partial charge in [-0.15, -0.1) is 0 Å². The van der Waals surface area contributed by atoms with Crippen molar-refractivity contribution < 1.29 is 26.3 Å². The van der Waals surface area contributed by atoms with Gasteiger partial charge in [0.2, 0.25) is 5.95 Å². The summed E-state index contributed by atoms with van der Waals surface area (Å²) in [5.74, 6) is -0.197. The number of halogens is 6. The molecule has 2 atom stereocenters. The first-order valence-corrected chi connectivity index (χ1v) is 10.4. The highest BCUT2D eigenvalue weighted by molar-refractivity contribution is 5.91. The number of pyridine rings is 1. The first-order valence-electron chi connectivity index (χ1n) is 10.4. The molecule has 0 amide bonds. The normalized spacial score (nSPS) is 19.3. The number of anilines is 3. The molecule has 2 heterocycles. The highest BCUT2D eigenvalue weighted by Gasteiger charge is 2.37. The van der Waals surface area contributed by atoms with E-state index in [1.807, 2.05) is 0 Å². The molecule has 4 rings (SSSR count). The number of nitrogens with two attached hydrogens (primary N) is 1. The summed E-state index contributed by atoms with van der Waals surface area (Å²) in [5, 5.41) is 5.42. The lowest BCUT2D eigenvalue weighted by atomic mass is 9.91. The summed E-state index contributed by atoms with van der Waals surface area (Å²) in [5.41, 5.74) is 2.09. The van der Waals surface area contributed by atoms with Crippen molar-refractivity contribution in [2.24, 2.45) is 5.73 Å². The van der Waals surface area contributed by atoms with Crippen molar-refractivity contribution in [3.63, 3.8) is 0 Å². The number of rotatable bonds is 4. The summed E-state index contributed by atoms with van der Waals surface area (Å²) < 4.78 is 79.5. The Morgan fingerprint density at radius 1 is 0.971 bits per heavy atom. The second-order valence-corrected chi connectivity index (χ2v) is 8.08. The van der Waals surface area contributed by atoms with Crippen LogP contribution in [0, 0.1) is 0 Å². The summed E-state index contributed by atoms with van der Waals surface area (Å²) in [4.78, 5) is 23.3. The van der Waals surface area contributed by atoms with Gasteiger partial charge < -0.3 is 21.4 Å². The molecule has 0 saturated heterocycles. The number of hydrogen-bond acceptors (Lipinski definition) is 6. The summed E-state index contributed by atoms with van der Waals surface area (Å²) in [6, 6.07) is 2.15. The SMILES string of the molecule is NC1CCCC[C@H]1Nc1nc(Nc2cc(C(F)(F)F)cc(C(F)(F)F)c2)c2c(=O)[nH]ccc2n1. The van der Waals surface area contributed by atoms with E-state index in [0.29, 0.717) is 12.1 Å². The molecule has 7 nitrogen and oxygen atoms in total. The predicted molar refractivity (Wildman–Crippen MR) is 114 cm³/mol. The van der Waals surface area contributed by atoms with Crippen molar-refractivity contribution >= 4 is 28.4 Å². The van der Waals surface area contributed by atoms with Crippen LogP contribution < -0.4 is 21.9 Å². The number of nitrogens with zero attached hydrogens (tertiary/aromatic N) is 2. The van der Waals surface area contributed by atoms with Crippen molar-refractivity contribution in [3.05, 3.63) is 51.9 Å². The lowest BCUT2D eigenvalue weighted by molar-refractivity contribution is -0.143. The molecule has 182 valence electrons. The quantitative estimate of drug-likeness (QED) is 0.396. The Morgan fingerprint density at radius 2 is 1.62 bits per heavy atom. The Kier molecular flexibility index (Phi) is 6.14. The topological polar surface area (TPSA) is 109 Å². The molecule has 13 heteroatoms. The summed E-state index contributed by atoms with van der Waals surface area (Å²) in [7, 11) is 0. The second-order valence-electron chi connectivity index (χ2n) is 8.08. The maximum atomic E-state index is 13.3. The van der Waals surface area contributed by atoms with Gasteiger partial charge in [0.05, 0.1) is 16.6 Å². The van der Waals surface area contributed by atoms with E-state index < -0.39 is 34.7 Å². The zero-order valence-corrected chi connectivity index (χ0v) is 17.5. The molecule has 2 aromatic heterocycles. The third kappa shape index (κ3) is 5.08. The number of benzene rings is 1. The van der Waals surface area contributed by atoms with Crippen LogP contribution in [0.2, 0.25) is 0 Å². The fraction of sp³-hybridized carbons (Fsp3) is 0.381. The Labute approximate surface area is 188 Å². The standard InChI is InChI=1S/C21H20F6N6O/c22-20(23,24)10-7-11(21(25,26)27)9-12(8-10)30-17-16-15(5-6-29-18(16)34)32-19(33-17)31-14-4-2-1-3-13(14)28/h5-9,13-14H,1-4,28H2,(H,29,34)(H2,30,31,32,33)/t13?,14-/m1/s1. The average Bonchev–Trinajstić information content (AvgIpc) is 2.74. The van der Waals surface area contributed by atoms with Gasteiger partial charge in [0, 0.05) is 24.0 Å². The average molecular weight is 486 g/mol. The highest BCUT2D eigenvalue weighted by atomic mass is 19.4. The van der Waals surface area contributed by atoms with Gasteiger partial charge in [-0.3, -0.25) is 4.79 Å². The van der Waals surface area contributed by atoms with E-state index >= 15 is 0 Å². The maximum Gasteiger partial charge on any atom is 0.416 e. The Balaban J connectivity index is 1.80. The lowest BCUT2D eigenvalue weighted by Gasteiger charge is -2.29. The molecule has 0 aliphatic heterocycles. The number of aromatic nitrogens is 3. The summed E-state index contributed by atoms with van der Waals surface area (Å²) >= 11 is 0. The number of aromatic amines is 1. The van der Waals surface area contributed by atoms with Gasteiger partial charge in [-0.05, 0) is 37.1 Å². The number of nitrogens with one attached hydrogen (secondary N) is 3. The molecule has 0 bridgehead atoms. The molecular formula is C21H20F6N6O. The van der Waals surface area contributed by atoms with Crippen molar-refractivity contribution in [3.8, 4) is 0 Å². The molecular weight excluding hydrogens is 466 g/mol. The Hall–Kier alpha value is -3.35. The molecule has 0 radical (unpaired) electrons. The minimum Gasteiger partial charge on any atom is -0.350 e. The van der Waals surface area contributed by atoms with Crippen LogP contribution in [0.4, 0.5) is 43.8 Å². The minimum atomic E-state index is -5.02. The van der Waals surface area contributed by atoms with Crippen molar-refractivity contribution in [1.82, 2.24) is 15.0 Å².